The Balaban J connectivity index is 2.67. The van der Waals surface area contributed by atoms with Crippen molar-refractivity contribution in [3.05, 3.63) is 11.6 Å². The van der Waals surface area contributed by atoms with Gasteiger partial charge in [-0.25, -0.2) is 0 Å². The van der Waals surface area contributed by atoms with Crippen molar-refractivity contribution in [3.63, 3.8) is 0 Å². The molecule has 0 amide bonds. The molecule has 0 saturated carbocycles. The number of hydrogen-bond acceptors (Lipinski definition) is 1. The molecule has 1 aliphatic rings. The molecular weight excluding hydrogens is 256 g/mol. The quantitative estimate of drug-likeness (QED) is 0.590. The lowest BCUT2D eigenvalue weighted by Gasteiger charge is -2.24. The van der Waals surface area contributed by atoms with Crippen LogP contribution in [0.1, 0.15) is 86.0 Å². The van der Waals surface area contributed by atoms with E-state index in [0.29, 0.717) is 5.92 Å². The molecule has 0 spiro atoms. The summed E-state index contributed by atoms with van der Waals surface area (Å²) < 4.78 is 0. The van der Waals surface area contributed by atoms with Crippen LogP contribution in [0.25, 0.3) is 0 Å². The Bertz CT molecular complexity index is 305. The van der Waals surface area contributed by atoms with Gasteiger partial charge >= 0.3 is 0 Å². The van der Waals surface area contributed by atoms with Crippen LogP contribution in [-0.2, 0) is 0 Å². The molecule has 1 rings (SSSR count). The summed E-state index contributed by atoms with van der Waals surface area (Å²) in [7, 11) is 0. The van der Waals surface area contributed by atoms with E-state index in [1.807, 2.05) is 0 Å². The maximum absolute atomic E-state index is 10.3. The van der Waals surface area contributed by atoms with E-state index >= 15 is 0 Å². The predicted octanol–water partition coefficient (Wildman–Crippen LogP) is 5.97. The predicted molar refractivity (Wildman–Crippen MR) is 93.4 cm³/mol. The van der Waals surface area contributed by atoms with Crippen molar-refractivity contribution in [2.24, 2.45) is 23.7 Å². The fourth-order valence-corrected chi connectivity index (χ4v) is 3.46. The van der Waals surface area contributed by atoms with E-state index in [2.05, 4.69) is 40.7 Å². The molecule has 124 valence electrons. The first-order valence-corrected chi connectivity index (χ1v) is 9.23. The van der Waals surface area contributed by atoms with Crippen LogP contribution < -0.4 is 0 Å². The first-order chi connectivity index (χ1) is 9.90. The minimum absolute atomic E-state index is 0.0967. The van der Waals surface area contributed by atoms with Gasteiger partial charge in [0.15, 0.2) is 0 Å². The first kappa shape index (κ1) is 18.7. The molecule has 0 aromatic heterocycles. The maximum atomic E-state index is 10.3. The van der Waals surface area contributed by atoms with Crippen LogP contribution in [0.2, 0.25) is 0 Å². The van der Waals surface area contributed by atoms with E-state index in [4.69, 9.17) is 0 Å². The Morgan fingerprint density at radius 1 is 1.05 bits per heavy atom. The highest BCUT2D eigenvalue weighted by Crippen LogP contribution is 2.28. The summed E-state index contributed by atoms with van der Waals surface area (Å²) in [5, 5.41) is 10.3. The summed E-state index contributed by atoms with van der Waals surface area (Å²) >= 11 is 0. The molecule has 0 aliphatic heterocycles. The van der Waals surface area contributed by atoms with Crippen molar-refractivity contribution in [2.45, 2.75) is 92.1 Å². The highest BCUT2D eigenvalue weighted by Gasteiger charge is 2.18. The van der Waals surface area contributed by atoms with Gasteiger partial charge in [-0.05, 0) is 75.5 Å². The van der Waals surface area contributed by atoms with Crippen LogP contribution >= 0.6 is 0 Å². The van der Waals surface area contributed by atoms with Gasteiger partial charge in [-0.15, -0.1) is 0 Å². The van der Waals surface area contributed by atoms with Gasteiger partial charge in [0.05, 0.1) is 6.10 Å². The molecule has 4 unspecified atom stereocenters. The molecule has 0 bridgehead atoms. The summed E-state index contributed by atoms with van der Waals surface area (Å²) in [6, 6.07) is 0. The monoisotopic (exact) mass is 294 g/mol. The molecule has 0 aromatic carbocycles. The van der Waals surface area contributed by atoms with Crippen molar-refractivity contribution in [2.75, 3.05) is 0 Å². The van der Waals surface area contributed by atoms with Gasteiger partial charge in [0, 0.05) is 0 Å². The second-order valence-electron chi connectivity index (χ2n) is 7.99. The lowest BCUT2D eigenvalue weighted by atomic mass is 9.83. The molecule has 1 nitrogen and oxygen atoms in total. The zero-order valence-electron chi connectivity index (χ0n) is 15.1. The second kappa shape index (κ2) is 9.66. The third-order valence-corrected chi connectivity index (χ3v) is 5.58. The molecule has 1 aliphatic carbocycles. The van der Waals surface area contributed by atoms with Crippen molar-refractivity contribution in [1.29, 1.82) is 0 Å². The lowest BCUT2D eigenvalue weighted by molar-refractivity contribution is 0.0942. The highest BCUT2D eigenvalue weighted by molar-refractivity contribution is 4.99. The number of aliphatic hydroxyl groups is 1. The van der Waals surface area contributed by atoms with Crippen molar-refractivity contribution < 1.29 is 5.11 Å². The van der Waals surface area contributed by atoms with E-state index in [1.54, 1.807) is 5.57 Å². The first-order valence-electron chi connectivity index (χ1n) is 9.23. The normalized spacial score (nSPS) is 36.8. The SMILES string of the molecule is C/C1=C/CC(C(C)C)CCC(C)CCC(O)C(C)CCC1. The summed E-state index contributed by atoms with van der Waals surface area (Å²) in [6.45, 7) is 11.6. The Morgan fingerprint density at radius 2 is 1.71 bits per heavy atom. The molecule has 0 radical (unpaired) electrons. The van der Waals surface area contributed by atoms with Gasteiger partial charge in [-0.3, -0.25) is 0 Å². The molecule has 1 N–H and O–H groups in total. The van der Waals surface area contributed by atoms with E-state index in [-0.39, 0.29) is 6.10 Å². The van der Waals surface area contributed by atoms with E-state index < -0.39 is 0 Å². The van der Waals surface area contributed by atoms with E-state index in [1.165, 1.54) is 38.5 Å². The molecule has 1 heteroatoms. The number of allylic oxidation sites excluding steroid dienone is 2. The smallest absolute Gasteiger partial charge is 0.0565 e. The number of rotatable bonds is 1. The Hall–Kier alpha value is -0.300. The molecule has 0 fully saturated rings. The average Bonchev–Trinajstić information content (AvgIpc) is 2.43. The summed E-state index contributed by atoms with van der Waals surface area (Å²) in [6.07, 6.45) is 12.1. The molecule has 0 aromatic rings. The van der Waals surface area contributed by atoms with Crippen LogP contribution in [0.5, 0.6) is 0 Å². The summed E-state index contributed by atoms with van der Waals surface area (Å²) in [5.41, 5.74) is 1.55. The van der Waals surface area contributed by atoms with Gasteiger partial charge in [-0.2, -0.15) is 0 Å². The zero-order chi connectivity index (χ0) is 15.8. The Kier molecular flexibility index (Phi) is 8.63. The molecule has 21 heavy (non-hydrogen) atoms. The maximum Gasteiger partial charge on any atom is 0.0565 e. The fraction of sp³-hybridized carbons (Fsp3) is 0.900. The Labute approximate surface area is 133 Å². The van der Waals surface area contributed by atoms with E-state index in [0.717, 1.165) is 30.6 Å². The molecule has 0 heterocycles. The van der Waals surface area contributed by atoms with Crippen molar-refractivity contribution in [1.82, 2.24) is 0 Å². The molecular formula is C20H38O. The zero-order valence-corrected chi connectivity index (χ0v) is 15.1. The minimum Gasteiger partial charge on any atom is -0.393 e. The summed E-state index contributed by atoms with van der Waals surface area (Å²) in [5.74, 6) is 2.81. The van der Waals surface area contributed by atoms with Crippen LogP contribution in [-0.4, -0.2) is 11.2 Å². The van der Waals surface area contributed by atoms with Gasteiger partial charge < -0.3 is 5.11 Å². The minimum atomic E-state index is -0.0967. The number of hydrogen-bond donors (Lipinski definition) is 1. The van der Waals surface area contributed by atoms with Gasteiger partial charge in [-0.1, -0.05) is 45.8 Å². The topological polar surface area (TPSA) is 20.2 Å². The van der Waals surface area contributed by atoms with Crippen molar-refractivity contribution in [3.8, 4) is 0 Å². The van der Waals surface area contributed by atoms with Gasteiger partial charge in [0.1, 0.15) is 0 Å². The van der Waals surface area contributed by atoms with Crippen LogP contribution in [0, 0.1) is 23.7 Å². The standard InChI is InChI=1S/C20H38O/c1-15(2)19-12-9-16(3)7-6-8-18(5)20(21)14-11-17(4)10-13-19/h9,15,17-21H,6-8,10-14H2,1-5H3/b16-9-. The lowest BCUT2D eigenvalue weighted by Crippen LogP contribution is -2.19. The van der Waals surface area contributed by atoms with Crippen LogP contribution in [0.3, 0.4) is 0 Å². The summed E-state index contributed by atoms with van der Waals surface area (Å²) in [4.78, 5) is 0. The Morgan fingerprint density at radius 3 is 2.38 bits per heavy atom. The van der Waals surface area contributed by atoms with Gasteiger partial charge in [0.2, 0.25) is 0 Å². The van der Waals surface area contributed by atoms with Crippen LogP contribution in [0.4, 0.5) is 0 Å². The second-order valence-corrected chi connectivity index (χ2v) is 7.99. The molecule has 0 saturated heterocycles. The van der Waals surface area contributed by atoms with Crippen LogP contribution in [0.15, 0.2) is 11.6 Å². The number of aliphatic hydroxyl groups excluding tert-OH is 1. The fourth-order valence-electron chi connectivity index (χ4n) is 3.46. The van der Waals surface area contributed by atoms with Gasteiger partial charge in [0.25, 0.3) is 0 Å². The van der Waals surface area contributed by atoms with Crippen molar-refractivity contribution >= 4 is 0 Å². The largest absolute Gasteiger partial charge is 0.393 e. The average molecular weight is 295 g/mol. The highest BCUT2D eigenvalue weighted by atomic mass is 16.3. The van der Waals surface area contributed by atoms with E-state index in [9.17, 15) is 5.11 Å². The third kappa shape index (κ3) is 7.49. The third-order valence-electron chi connectivity index (χ3n) is 5.58. The molecule has 4 atom stereocenters.